The fraction of sp³-hybridized carbons (Fsp3) is 0.167. The van der Waals surface area contributed by atoms with Gasteiger partial charge in [-0.1, -0.05) is 61.5 Å². The number of halogens is 1. The first-order valence-corrected chi connectivity index (χ1v) is 13.5. The van der Waals surface area contributed by atoms with Gasteiger partial charge in [-0.2, -0.15) is 0 Å². The second-order valence-corrected chi connectivity index (χ2v) is 12.2. The Kier molecular flexibility index (Phi) is 9.53. The van der Waals surface area contributed by atoms with E-state index < -0.39 is 7.26 Å². The molecule has 0 fully saturated rings. The Labute approximate surface area is 233 Å². The van der Waals surface area contributed by atoms with Gasteiger partial charge in [0.1, 0.15) is 29.0 Å². The van der Waals surface area contributed by atoms with E-state index in [9.17, 15) is 9.18 Å². The Morgan fingerprint density at radius 1 is 0.771 bits per heavy atom. The number of hydrogen-bond donors (Lipinski definition) is 1. The first-order valence-electron chi connectivity index (χ1n) is 11.6. The van der Waals surface area contributed by atoms with Crippen LogP contribution in [-0.4, -0.2) is 11.6 Å². The Bertz CT molecular complexity index is 1150. The van der Waals surface area contributed by atoms with E-state index >= 15 is 0 Å². The van der Waals surface area contributed by atoms with E-state index in [2.05, 4.69) is 85.0 Å². The SMILES string of the molecule is CCC(C(=O)Nc1c(C)cc(F)cc1C)[P+](c1ccccc1)(c1ccccc1)c1ccccc1.[Y]. The van der Waals surface area contributed by atoms with Gasteiger partial charge in [0.15, 0.2) is 5.66 Å². The third-order valence-electron chi connectivity index (χ3n) is 6.39. The fourth-order valence-corrected chi connectivity index (χ4v) is 9.79. The van der Waals surface area contributed by atoms with Crippen molar-refractivity contribution in [2.75, 3.05) is 5.32 Å². The molecule has 0 spiro atoms. The minimum absolute atomic E-state index is 0. The second kappa shape index (κ2) is 12.2. The molecule has 4 rings (SSSR count). The molecule has 175 valence electrons. The molecule has 0 saturated carbocycles. The molecule has 1 radical (unpaired) electrons. The molecule has 0 aliphatic carbocycles. The summed E-state index contributed by atoms with van der Waals surface area (Å²) in [5, 5.41) is 6.70. The number of carbonyl (C=O) groups excluding carboxylic acids is 1. The zero-order valence-corrected chi connectivity index (χ0v) is 24.1. The Hall–Kier alpha value is -2.19. The van der Waals surface area contributed by atoms with Gasteiger partial charge in [0.2, 0.25) is 0 Å². The number of carbonyl (C=O) groups is 1. The summed E-state index contributed by atoms with van der Waals surface area (Å²) in [5.41, 5.74) is 1.84. The van der Waals surface area contributed by atoms with Gasteiger partial charge in [0, 0.05) is 38.4 Å². The van der Waals surface area contributed by atoms with Crippen molar-refractivity contribution in [1.29, 1.82) is 0 Å². The number of rotatable bonds is 7. The molecular weight excluding hydrogens is 529 g/mol. The average Bonchev–Trinajstić information content (AvgIpc) is 2.86. The van der Waals surface area contributed by atoms with Crippen molar-refractivity contribution in [2.45, 2.75) is 32.9 Å². The van der Waals surface area contributed by atoms with Crippen LogP contribution in [-0.2, 0) is 37.5 Å². The Morgan fingerprint density at radius 2 is 1.14 bits per heavy atom. The number of anilines is 1. The van der Waals surface area contributed by atoms with Crippen molar-refractivity contribution >= 4 is 34.8 Å². The molecule has 0 bridgehead atoms. The van der Waals surface area contributed by atoms with Crippen molar-refractivity contribution in [2.24, 2.45) is 0 Å². The van der Waals surface area contributed by atoms with Crippen LogP contribution in [0.5, 0.6) is 0 Å². The minimum Gasteiger partial charge on any atom is -0.322 e. The van der Waals surface area contributed by atoms with Gasteiger partial charge >= 0.3 is 0 Å². The van der Waals surface area contributed by atoms with E-state index in [0.717, 1.165) is 11.1 Å². The molecule has 4 aromatic carbocycles. The summed E-state index contributed by atoms with van der Waals surface area (Å²) in [6, 6.07) is 34.2. The summed E-state index contributed by atoms with van der Waals surface area (Å²) < 4.78 is 13.9. The minimum atomic E-state index is -2.38. The van der Waals surface area contributed by atoms with Gasteiger partial charge in [-0.3, -0.25) is 4.79 Å². The predicted molar refractivity (Wildman–Crippen MR) is 144 cm³/mol. The maximum atomic E-state index is 14.1. The van der Waals surface area contributed by atoms with Gasteiger partial charge in [-0.05, 0) is 79.9 Å². The Morgan fingerprint density at radius 3 is 1.49 bits per heavy atom. The van der Waals surface area contributed by atoms with Gasteiger partial charge in [0.05, 0.1) is 0 Å². The van der Waals surface area contributed by atoms with E-state index in [1.54, 1.807) is 0 Å². The van der Waals surface area contributed by atoms with Gasteiger partial charge in [0.25, 0.3) is 5.91 Å². The fourth-order valence-electron chi connectivity index (χ4n) is 4.93. The molecular formula is C30H30FNOPY+. The molecule has 0 saturated heterocycles. The monoisotopic (exact) mass is 559 g/mol. The van der Waals surface area contributed by atoms with Crippen LogP contribution in [0.4, 0.5) is 10.1 Å². The van der Waals surface area contributed by atoms with Crippen molar-refractivity contribution < 1.29 is 41.9 Å². The van der Waals surface area contributed by atoms with E-state index in [1.165, 1.54) is 28.0 Å². The van der Waals surface area contributed by atoms with Crippen LogP contribution in [0.1, 0.15) is 24.5 Å². The standard InChI is InChI=1S/C30H29FNOP.Y/c1-4-28(30(33)32-29-22(2)20-24(31)21-23(29)3)34(25-14-8-5-9-15-25,26-16-10-6-11-17-26)27-18-12-7-13-19-27;/h5-21,28H,4H2,1-3H3;/p+1. The largest absolute Gasteiger partial charge is 0.322 e. The number of amides is 1. The zero-order valence-electron chi connectivity index (χ0n) is 20.4. The molecule has 1 N–H and O–H groups in total. The van der Waals surface area contributed by atoms with Crippen LogP contribution in [0.25, 0.3) is 0 Å². The van der Waals surface area contributed by atoms with Gasteiger partial charge < -0.3 is 5.32 Å². The van der Waals surface area contributed by atoms with E-state index in [0.29, 0.717) is 12.1 Å². The van der Waals surface area contributed by atoms with Crippen molar-refractivity contribution in [3.05, 3.63) is 120 Å². The Balaban J connectivity index is 0.00000342. The summed E-state index contributed by atoms with van der Waals surface area (Å²) in [4.78, 5) is 14.1. The predicted octanol–water partition coefficient (Wildman–Crippen LogP) is 6.15. The summed E-state index contributed by atoms with van der Waals surface area (Å²) in [5.74, 6) is -0.329. The van der Waals surface area contributed by atoms with Crippen LogP contribution < -0.4 is 21.2 Å². The van der Waals surface area contributed by atoms with Crippen LogP contribution in [0, 0.1) is 19.7 Å². The first-order chi connectivity index (χ1) is 16.5. The molecule has 1 atom stereocenters. The molecule has 0 aromatic heterocycles. The van der Waals surface area contributed by atoms with Crippen LogP contribution in [0.15, 0.2) is 103 Å². The molecule has 0 aliphatic rings. The molecule has 35 heavy (non-hydrogen) atoms. The first kappa shape index (κ1) is 27.4. The van der Waals surface area contributed by atoms with Crippen molar-refractivity contribution in [1.82, 2.24) is 0 Å². The maximum absolute atomic E-state index is 14.1. The molecule has 2 nitrogen and oxygen atoms in total. The van der Waals surface area contributed by atoms with Crippen LogP contribution in [0.2, 0.25) is 0 Å². The van der Waals surface area contributed by atoms with Gasteiger partial charge in [-0.25, -0.2) is 4.39 Å². The molecule has 0 aliphatic heterocycles. The number of benzene rings is 4. The molecule has 0 heterocycles. The van der Waals surface area contributed by atoms with Crippen molar-refractivity contribution in [3.63, 3.8) is 0 Å². The molecule has 1 amide bonds. The second-order valence-electron chi connectivity index (χ2n) is 8.56. The summed E-state index contributed by atoms with van der Waals surface area (Å²) in [7, 11) is -2.38. The molecule has 5 heteroatoms. The van der Waals surface area contributed by atoms with E-state index in [-0.39, 0.29) is 50.1 Å². The van der Waals surface area contributed by atoms with Crippen LogP contribution in [0.3, 0.4) is 0 Å². The number of hydrogen-bond acceptors (Lipinski definition) is 1. The van der Waals surface area contributed by atoms with Crippen LogP contribution >= 0.6 is 7.26 Å². The maximum Gasteiger partial charge on any atom is 0.266 e. The number of aryl methyl sites for hydroxylation is 2. The normalized spacial score (nSPS) is 11.9. The zero-order chi connectivity index (χ0) is 24.1. The van der Waals surface area contributed by atoms with E-state index in [1.807, 2.05) is 32.0 Å². The van der Waals surface area contributed by atoms with Gasteiger partial charge in [-0.15, -0.1) is 0 Å². The summed E-state index contributed by atoms with van der Waals surface area (Å²) in [6.07, 6.45) is 0.664. The number of nitrogens with one attached hydrogen (secondary N) is 1. The van der Waals surface area contributed by atoms with E-state index in [4.69, 9.17) is 0 Å². The third-order valence-corrected chi connectivity index (χ3v) is 11.3. The summed E-state index contributed by atoms with van der Waals surface area (Å²) >= 11 is 0. The quantitative estimate of drug-likeness (QED) is 0.271. The topological polar surface area (TPSA) is 29.1 Å². The third kappa shape index (κ3) is 5.48. The molecule has 4 aromatic rings. The smallest absolute Gasteiger partial charge is 0.266 e. The molecule has 1 unspecified atom stereocenters. The average molecular weight is 559 g/mol. The van der Waals surface area contributed by atoms with Crippen molar-refractivity contribution in [3.8, 4) is 0 Å². The summed E-state index contributed by atoms with van der Waals surface area (Å²) in [6.45, 7) is 5.75.